The molecule has 0 aromatic heterocycles. The first kappa shape index (κ1) is 13.2. The zero-order chi connectivity index (χ0) is 13.1. The van der Waals surface area contributed by atoms with Gasteiger partial charge in [-0.15, -0.1) is 0 Å². The summed E-state index contributed by atoms with van der Waals surface area (Å²) in [7, 11) is 2.14. The molecule has 3 rings (SSSR count). The molecule has 104 valence electrons. The van der Waals surface area contributed by atoms with Crippen LogP contribution >= 0.6 is 0 Å². The summed E-state index contributed by atoms with van der Waals surface area (Å²) in [4.78, 5) is 0. The predicted octanol–water partition coefficient (Wildman–Crippen LogP) is 3.89. The van der Waals surface area contributed by atoms with Crippen LogP contribution in [0.15, 0.2) is 18.2 Å². The number of hydrogen-bond donors (Lipinski definition) is 1. The van der Waals surface area contributed by atoms with Crippen LogP contribution in [0.2, 0.25) is 0 Å². The van der Waals surface area contributed by atoms with Crippen molar-refractivity contribution in [2.24, 2.45) is 5.92 Å². The fourth-order valence-electron chi connectivity index (χ4n) is 4.08. The molecule has 0 bridgehead atoms. The van der Waals surface area contributed by atoms with Crippen LogP contribution in [0, 0.1) is 5.92 Å². The van der Waals surface area contributed by atoms with E-state index in [4.69, 9.17) is 0 Å². The Balaban J connectivity index is 1.58. The Bertz CT molecular complexity index is 418. The van der Waals surface area contributed by atoms with Gasteiger partial charge in [-0.1, -0.05) is 31.0 Å². The van der Waals surface area contributed by atoms with Crippen molar-refractivity contribution in [2.45, 2.75) is 63.8 Å². The molecule has 1 heteroatoms. The molecule has 2 aliphatic carbocycles. The SMILES string of the molecule is CNC(CCc1ccc2c(c1)CCC2)C1CCCC1. The van der Waals surface area contributed by atoms with Crippen LogP contribution in [0.3, 0.4) is 0 Å². The molecule has 0 spiro atoms. The molecular formula is C18H27N. The van der Waals surface area contributed by atoms with Crippen LogP contribution < -0.4 is 5.32 Å². The highest BCUT2D eigenvalue weighted by molar-refractivity contribution is 5.35. The molecule has 0 radical (unpaired) electrons. The second-order valence-electron chi connectivity index (χ2n) is 6.43. The van der Waals surface area contributed by atoms with Gasteiger partial charge in [0.2, 0.25) is 0 Å². The zero-order valence-corrected chi connectivity index (χ0v) is 12.3. The highest BCUT2D eigenvalue weighted by atomic mass is 14.9. The van der Waals surface area contributed by atoms with E-state index < -0.39 is 0 Å². The fraction of sp³-hybridized carbons (Fsp3) is 0.667. The van der Waals surface area contributed by atoms with Crippen molar-refractivity contribution >= 4 is 0 Å². The van der Waals surface area contributed by atoms with Crippen molar-refractivity contribution in [3.63, 3.8) is 0 Å². The van der Waals surface area contributed by atoms with Gasteiger partial charge < -0.3 is 5.32 Å². The number of aryl methyl sites for hydroxylation is 3. The highest BCUT2D eigenvalue weighted by Gasteiger charge is 2.23. The Labute approximate surface area is 117 Å². The van der Waals surface area contributed by atoms with Gasteiger partial charge >= 0.3 is 0 Å². The van der Waals surface area contributed by atoms with Crippen LogP contribution in [-0.4, -0.2) is 13.1 Å². The molecule has 1 atom stereocenters. The summed E-state index contributed by atoms with van der Waals surface area (Å²) in [6.07, 6.45) is 12.3. The Morgan fingerprint density at radius 2 is 1.89 bits per heavy atom. The second-order valence-corrected chi connectivity index (χ2v) is 6.43. The lowest BCUT2D eigenvalue weighted by molar-refractivity contribution is 0.360. The molecule has 1 fully saturated rings. The van der Waals surface area contributed by atoms with Gasteiger partial charge in [0, 0.05) is 6.04 Å². The van der Waals surface area contributed by atoms with Crippen molar-refractivity contribution in [3.05, 3.63) is 34.9 Å². The average Bonchev–Trinajstić information content (AvgIpc) is 3.10. The van der Waals surface area contributed by atoms with E-state index in [1.807, 2.05) is 0 Å². The van der Waals surface area contributed by atoms with Crippen molar-refractivity contribution in [2.75, 3.05) is 7.05 Å². The Hall–Kier alpha value is -0.820. The van der Waals surface area contributed by atoms with Gasteiger partial charge in [0.25, 0.3) is 0 Å². The van der Waals surface area contributed by atoms with Gasteiger partial charge in [-0.05, 0) is 74.6 Å². The maximum Gasteiger partial charge on any atom is 0.00954 e. The maximum absolute atomic E-state index is 3.57. The predicted molar refractivity (Wildman–Crippen MR) is 81.6 cm³/mol. The van der Waals surface area contributed by atoms with E-state index in [-0.39, 0.29) is 0 Å². The molecule has 0 aliphatic heterocycles. The molecular weight excluding hydrogens is 230 g/mol. The van der Waals surface area contributed by atoms with E-state index in [0.717, 1.165) is 12.0 Å². The van der Waals surface area contributed by atoms with Crippen LogP contribution in [-0.2, 0) is 19.3 Å². The van der Waals surface area contributed by atoms with Crippen molar-refractivity contribution in [3.8, 4) is 0 Å². The van der Waals surface area contributed by atoms with Gasteiger partial charge in [-0.2, -0.15) is 0 Å². The lowest BCUT2D eigenvalue weighted by atomic mass is 9.92. The van der Waals surface area contributed by atoms with E-state index in [1.54, 1.807) is 16.7 Å². The van der Waals surface area contributed by atoms with Crippen molar-refractivity contribution in [1.82, 2.24) is 5.32 Å². The van der Waals surface area contributed by atoms with Gasteiger partial charge in [0.15, 0.2) is 0 Å². The summed E-state index contributed by atoms with van der Waals surface area (Å²) in [5.41, 5.74) is 4.78. The van der Waals surface area contributed by atoms with Crippen molar-refractivity contribution < 1.29 is 0 Å². The molecule has 0 heterocycles. The first-order valence-electron chi connectivity index (χ1n) is 8.15. The molecule has 1 nitrogen and oxygen atoms in total. The fourth-order valence-corrected chi connectivity index (χ4v) is 4.08. The summed E-state index contributed by atoms with van der Waals surface area (Å²) in [5.74, 6) is 0.930. The third-order valence-corrected chi connectivity index (χ3v) is 5.25. The number of rotatable bonds is 5. The zero-order valence-electron chi connectivity index (χ0n) is 12.3. The van der Waals surface area contributed by atoms with E-state index in [1.165, 1.54) is 57.8 Å². The van der Waals surface area contributed by atoms with Crippen LogP contribution in [0.4, 0.5) is 0 Å². The first-order valence-corrected chi connectivity index (χ1v) is 8.15. The van der Waals surface area contributed by atoms with Gasteiger partial charge in [-0.3, -0.25) is 0 Å². The summed E-state index contributed by atoms with van der Waals surface area (Å²) < 4.78 is 0. The molecule has 1 saturated carbocycles. The van der Waals surface area contributed by atoms with Gasteiger partial charge in [0.1, 0.15) is 0 Å². The number of fused-ring (bicyclic) bond motifs is 1. The number of benzene rings is 1. The molecule has 1 unspecified atom stereocenters. The lowest BCUT2D eigenvalue weighted by Crippen LogP contribution is -2.32. The minimum Gasteiger partial charge on any atom is -0.317 e. The third-order valence-electron chi connectivity index (χ3n) is 5.25. The topological polar surface area (TPSA) is 12.0 Å². The lowest BCUT2D eigenvalue weighted by Gasteiger charge is -2.23. The van der Waals surface area contributed by atoms with Crippen LogP contribution in [0.1, 0.15) is 55.2 Å². The quantitative estimate of drug-likeness (QED) is 0.844. The van der Waals surface area contributed by atoms with Crippen molar-refractivity contribution in [1.29, 1.82) is 0 Å². The highest BCUT2D eigenvalue weighted by Crippen LogP contribution is 2.30. The van der Waals surface area contributed by atoms with E-state index in [2.05, 4.69) is 30.6 Å². The molecule has 0 amide bonds. The Kier molecular flexibility index (Phi) is 4.22. The van der Waals surface area contributed by atoms with Crippen LogP contribution in [0.5, 0.6) is 0 Å². The smallest absolute Gasteiger partial charge is 0.00954 e. The molecule has 1 aromatic rings. The molecule has 2 aliphatic rings. The minimum atomic E-state index is 0.732. The standard InChI is InChI=1S/C18H27N/c1-19-18(16-5-2-3-6-16)12-10-14-9-11-15-7-4-8-17(15)13-14/h9,11,13,16,18-19H,2-8,10,12H2,1H3. The largest absolute Gasteiger partial charge is 0.317 e. The molecule has 1 aromatic carbocycles. The number of nitrogens with one attached hydrogen (secondary N) is 1. The molecule has 0 saturated heterocycles. The summed E-state index contributed by atoms with van der Waals surface area (Å²) in [6.45, 7) is 0. The molecule has 19 heavy (non-hydrogen) atoms. The second kappa shape index (κ2) is 6.09. The summed E-state index contributed by atoms with van der Waals surface area (Å²) in [5, 5.41) is 3.57. The van der Waals surface area contributed by atoms with E-state index in [9.17, 15) is 0 Å². The van der Waals surface area contributed by atoms with Gasteiger partial charge in [-0.25, -0.2) is 0 Å². The van der Waals surface area contributed by atoms with Crippen LogP contribution in [0.25, 0.3) is 0 Å². The normalized spacial score (nSPS) is 20.7. The minimum absolute atomic E-state index is 0.732. The van der Waals surface area contributed by atoms with E-state index in [0.29, 0.717) is 0 Å². The Morgan fingerprint density at radius 1 is 1.11 bits per heavy atom. The average molecular weight is 257 g/mol. The summed E-state index contributed by atoms with van der Waals surface area (Å²) in [6, 6.07) is 7.95. The molecule has 1 N–H and O–H groups in total. The Morgan fingerprint density at radius 3 is 2.68 bits per heavy atom. The van der Waals surface area contributed by atoms with Gasteiger partial charge in [0.05, 0.1) is 0 Å². The third kappa shape index (κ3) is 3.02. The first-order chi connectivity index (χ1) is 9.36. The summed E-state index contributed by atoms with van der Waals surface area (Å²) >= 11 is 0. The van der Waals surface area contributed by atoms with E-state index >= 15 is 0 Å². The monoisotopic (exact) mass is 257 g/mol. The maximum atomic E-state index is 3.57. The number of hydrogen-bond acceptors (Lipinski definition) is 1.